The zero-order valence-corrected chi connectivity index (χ0v) is 22.5. The predicted molar refractivity (Wildman–Crippen MR) is 141 cm³/mol. The highest BCUT2D eigenvalue weighted by Crippen LogP contribution is 2.33. The van der Waals surface area contributed by atoms with E-state index in [1.54, 1.807) is 14.2 Å². The molecule has 1 atom stereocenters. The van der Waals surface area contributed by atoms with Gasteiger partial charge in [0, 0.05) is 38.2 Å². The monoisotopic (exact) mass is 568 g/mol. The number of methoxy groups -OCH3 is 2. The number of likely N-dealkylation sites (tertiary alicyclic amines) is 1. The molecular formula is C24H37IN6O2. The Morgan fingerprint density at radius 3 is 2.36 bits per heavy atom. The van der Waals surface area contributed by atoms with Gasteiger partial charge in [-0.2, -0.15) is 0 Å². The summed E-state index contributed by atoms with van der Waals surface area (Å²) in [6.07, 6.45) is 7.43. The number of benzene rings is 1. The zero-order chi connectivity index (χ0) is 22.5. The molecule has 2 fully saturated rings. The average molecular weight is 569 g/mol. The van der Waals surface area contributed by atoms with E-state index < -0.39 is 0 Å². The van der Waals surface area contributed by atoms with E-state index in [4.69, 9.17) is 14.5 Å². The first kappa shape index (κ1) is 25.6. The molecule has 0 radical (unpaired) electrons. The molecule has 1 unspecified atom stereocenters. The number of rotatable bonds is 6. The van der Waals surface area contributed by atoms with Crippen LogP contribution in [0.4, 0.5) is 0 Å². The topological polar surface area (TPSA) is 76.8 Å². The van der Waals surface area contributed by atoms with Crippen molar-refractivity contribution in [1.82, 2.24) is 25.0 Å². The summed E-state index contributed by atoms with van der Waals surface area (Å²) in [6.45, 7) is 4.39. The second-order valence-corrected chi connectivity index (χ2v) is 8.92. The minimum absolute atomic E-state index is 0. The molecular weight excluding hydrogens is 531 g/mol. The lowest BCUT2D eigenvalue weighted by Gasteiger charge is -2.29. The molecule has 33 heavy (non-hydrogen) atoms. The molecule has 1 aliphatic carbocycles. The van der Waals surface area contributed by atoms with Gasteiger partial charge in [0.25, 0.3) is 0 Å². The number of aliphatic imine (C=N–C) groups is 1. The Bertz CT molecular complexity index is 919. The molecule has 2 heterocycles. The fourth-order valence-electron chi connectivity index (χ4n) is 4.69. The van der Waals surface area contributed by atoms with Crippen molar-refractivity contribution in [2.24, 2.45) is 12.0 Å². The van der Waals surface area contributed by atoms with Gasteiger partial charge in [-0.15, -0.1) is 34.2 Å². The molecule has 182 valence electrons. The molecule has 1 saturated heterocycles. The molecule has 1 saturated carbocycles. The Morgan fingerprint density at radius 2 is 1.76 bits per heavy atom. The highest BCUT2D eigenvalue weighted by atomic mass is 127. The smallest absolute Gasteiger partial charge is 0.194 e. The van der Waals surface area contributed by atoms with E-state index in [2.05, 4.69) is 32.5 Å². The van der Waals surface area contributed by atoms with Gasteiger partial charge < -0.3 is 24.3 Å². The highest BCUT2D eigenvalue weighted by Gasteiger charge is 2.28. The van der Waals surface area contributed by atoms with Crippen LogP contribution in [0, 0.1) is 6.92 Å². The van der Waals surface area contributed by atoms with Crippen LogP contribution < -0.4 is 14.8 Å². The van der Waals surface area contributed by atoms with Crippen molar-refractivity contribution in [3.05, 3.63) is 35.4 Å². The standard InChI is InChI=1S/C24H36N6O2.HI/c1-17-27-28-23(29(17)2)15-25-24(26-20-8-6-5-7-9-20)30-11-10-18(16-30)19-12-21(31-3)14-22(13-19)32-4;/h12-14,18,20H,5-11,15-16H2,1-4H3,(H,25,26);1H. The molecule has 2 aromatic rings. The van der Waals surface area contributed by atoms with Gasteiger partial charge in [-0.3, -0.25) is 0 Å². The van der Waals surface area contributed by atoms with Crippen LogP contribution >= 0.6 is 24.0 Å². The third-order valence-electron chi connectivity index (χ3n) is 6.82. The number of nitrogens with one attached hydrogen (secondary N) is 1. The maximum atomic E-state index is 5.49. The van der Waals surface area contributed by atoms with Gasteiger partial charge in [0.05, 0.1) is 14.2 Å². The van der Waals surface area contributed by atoms with E-state index in [-0.39, 0.29) is 24.0 Å². The Labute approximate surface area is 214 Å². The average Bonchev–Trinajstić information content (AvgIpc) is 3.44. The minimum Gasteiger partial charge on any atom is -0.497 e. The summed E-state index contributed by atoms with van der Waals surface area (Å²) < 4.78 is 13.0. The van der Waals surface area contributed by atoms with Crippen molar-refractivity contribution in [3.63, 3.8) is 0 Å². The number of aryl methyl sites for hydroxylation is 1. The van der Waals surface area contributed by atoms with Crippen molar-refractivity contribution in [3.8, 4) is 11.5 Å². The summed E-state index contributed by atoms with van der Waals surface area (Å²) in [7, 11) is 5.40. The molecule has 0 amide bonds. The lowest BCUT2D eigenvalue weighted by atomic mass is 9.96. The molecule has 1 aromatic carbocycles. The lowest BCUT2D eigenvalue weighted by Crippen LogP contribution is -2.45. The number of guanidine groups is 1. The molecule has 1 aliphatic heterocycles. The van der Waals surface area contributed by atoms with Gasteiger partial charge in [0.2, 0.25) is 0 Å². The van der Waals surface area contributed by atoms with Crippen LogP contribution in [0.1, 0.15) is 61.7 Å². The number of ether oxygens (including phenoxy) is 2. The van der Waals surface area contributed by atoms with Gasteiger partial charge in [0.15, 0.2) is 11.8 Å². The van der Waals surface area contributed by atoms with Crippen molar-refractivity contribution in [2.75, 3.05) is 27.3 Å². The van der Waals surface area contributed by atoms with Crippen molar-refractivity contribution in [2.45, 2.75) is 64.0 Å². The molecule has 1 aromatic heterocycles. The largest absolute Gasteiger partial charge is 0.497 e. The molecule has 4 rings (SSSR count). The van der Waals surface area contributed by atoms with Crippen LogP contribution in [0.3, 0.4) is 0 Å². The SMILES string of the molecule is COc1cc(OC)cc(C2CCN(C(=NCc3nnc(C)n3C)NC3CCCCC3)C2)c1.I. The Kier molecular flexibility index (Phi) is 9.22. The molecule has 9 heteroatoms. The van der Waals surface area contributed by atoms with Crippen LogP contribution in [-0.4, -0.2) is 59.0 Å². The first-order valence-corrected chi connectivity index (χ1v) is 11.7. The first-order chi connectivity index (χ1) is 15.6. The molecule has 1 N–H and O–H groups in total. The predicted octanol–water partition coefficient (Wildman–Crippen LogP) is 4.03. The van der Waals surface area contributed by atoms with Gasteiger partial charge in [-0.25, -0.2) is 4.99 Å². The molecule has 2 aliphatic rings. The number of nitrogens with zero attached hydrogens (tertiary/aromatic N) is 5. The highest BCUT2D eigenvalue weighted by molar-refractivity contribution is 14.0. The molecule has 0 bridgehead atoms. The van der Waals surface area contributed by atoms with Crippen LogP contribution in [0.25, 0.3) is 0 Å². The summed E-state index contributed by atoms with van der Waals surface area (Å²) in [6, 6.07) is 6.69. The summed E-state index contributed by atoms with van der Waals surface area (Å²) in [5.41, 5.74) is 1.25. The maximum Gasteiger partial charge on any atom is 0.194 e. The van der Waals surface area contributed by atoms with E-state index in [0.717, 1.165) is 48.6 Å². The van der Waals surface area contributed by atoms with Gasteiger partial charge in [-0.1, -0.05) is 19.3 Å². The van der Waals surface area contributed by atoms with Gasteiger partial charge in [0.1, 0.15) is 23.9 Å². The molecule has 0 spiro atoms. The Balaban J connectivity index is 0.00000306. The van der Waals surface area contributed by atoms with Crippen LogP contribution in [0.2, 0.25) is 0 Å². The summed E-state index contributed by atoms with van der Waals surface area (Å²) in [5.74, 6) is 4.88. The summed E-state index contributed by atoms with van der Waals surface area (Å²) >= 11 is 0. The Hall–Kier alpha value is -2.04. The van der Waals surface area contributed by atoms with E-state index in [1.165, 1.54) is 37.7 Å². The zero-order valence-electron chi connectivity index (χ0n) is 20.2. The number of hydrogen-bond donors (Lipinski definition) is 1. The second kappa shape index (κ2) is 11.9. The summed E-state index contributed by atoms with van der Waals surface area (Å²) in [4.78, 5) is 7.40. The van der Waals surface area contributed by atoms with Crippen LogP contribution in [-0.2, 0) is 13.6 Å². The fraction of sp³-hybridized carbons (Fsp3) is 0.625. The van der Waals surface area contributed by atoms with Gasteiger partial charge >= 0.3 is 0 Å². The fourth-order valence-corrected chi connectivity index (χ4v) is 4.69. The third-order valence-corrected chi connectivity index (χ3v) is 6.82. The number of aromatic nitrogens is 3. The van der Waals surface area contributed by atoms with E-state index in [0.29, 0.717) is 18.5 Å². The summed E-state index contributed by atoms with van der Waals surface area (Å²) in [5, 5.41) is 12.3. The first-order valence-electron chi connectivity index (χ1n) is 11.7. The van der Waals surface area contributed by atoms with E-state index in [9.17, 15) is 0 Å². The quantitative estimate of drug-likeness (QED) is 0.322. The van der Waals surface area contributed by atoms with Crippen molar-refractivity contribution >= 4 is 29.9 Å². The third kappa shape index (κ3) is 6.30. The molecule has 8 nitrogen and oxygen atoms in total. The van der Waals surface area contributed by atoms with Crippen molar-refractivity contribution < 1.29 is 9.47 Å². The maximum absolute atomic E-state index is 5.49. The number of hydrogen-bond acceptors (Lipinski definition) is 5. The van der Waals surface area contributed by atoms with Gasteiger partial charge in [-0.05, 0) is 43.9 Å². The normalized spacial score (nSPS) is 19.3. The Morgan fingerprint density at radius 1 is 1.06 bits per heavy atom. The van der Waals surface area contributed by atoms with E-state index in [1.807, 2.05) is 24.6 Å². The minimum atomic E-state index is 0. The second-order valence-electron chi connectivity index (χ2n) is 8.92. The van der Waals surface area contributed by atoms with Crippen molar-refractivity contribution in [1.29, 1.82) is 0 Å². The van der Waals surface area contributed by atoms with Crippen LogP contribution in [0.5, 0.6) is 11.5 Å². The number of halogens is 1. The van der Waals surface area contributed by atoms with Crippen LogP contribution in [0.15, 0.2) is 23.2 Å². The lowest BCUT2D eigenvalue weighted by molar-refractivity contribution is 0.387. The van der Waals surface area contributed by atoms with E-state index >= 15 is 0 Å².